The predicted molar refractivity (Wildman–Crippen MR) is 83.4 cm³/mol. The van der Waals surface area contributed by atoms with E-state index in [0.717, 1.165) is 0 Å². The maximum atomic E-state index is 12.4. The molecule has 0 radical (unpaired) electrons. The van der Waals surface area contributed by atoms with Crippen LogP contribution in [0.1, 0.15) is 27.7 Å². The predicted octanol–water partition coefficient (Wildman–Crippen LogP) is 3.01. The Kier molecular flexibility index (Phi) is 4.01. The van der Waals surface area contributed by atoms with Gasteiger partial charge in [-0.3, -0.25) is 4.79 Å². The summed E-state index contributed by atoms with van der Waals surface area (Å²) in [6.45, 7) is 12.8. The van der Waals surface area contributed by atoms with Crippen LogP contribution < -0.4 is 0 Å². The Morgan fingerprint density at radius 1 is 1.29 bits per heavy atom. The van der Waals surface area contributed by atoms with Crippen molar-refractivity contribution in [3.05, 3.63) is 23.3 Å². The first-order valence-corrected chi connectivity index (χ1v) is 10.2. The molecule has 0 N–H and O–H groups in total. The topological polar surface area (TPSA) is 52.6 Å². The van der Waals surface area contributed by atoms with Crippen LogP contribution in [-0.2, 0) is 18.8 Å². The first kappa shape index (κ1) is 16.2. The molecule has 5 heteroatoms. The van der Waals surface area contributed by atoms with Crippen molar-refractivity contribution in [3.8, 4) is 0 Å². The van der Waals surface area contributed by atoms with Crippen molar-refractivity contribution >= 4 is 20.1 Å². The zero-order valence-corrected chi connectivity index (χ0v) is 14.6. The number of carbonyl (C=O) groups is 2. The lowest BCUT2D eigenvalue weighted by molar-refractivity contribution is -0.137. The molecule has 0 unspecified atom stereocenters. The summed E-state index contributed by atoms with van der Waals surface area (Å²) in [5, 5.41) is 0.0511. The summed E-state index contributed by atoms with van der Waals surface area (Å²) >= 11 is 0. The second-order valence-corrected chi connectivity index (χ2v) is 12.0. The summed E-state index contributed by atoms with van der Waals surface area (Å²) in [4.78, 5) is 24.2. The zero-order chi connectivity index (χ0) is 16.0. The number of ketones is 1. The van der Waals surface area contributed by atoms with E-state index in [9.17, 15) is 9.59 Å². The van der Waals surface area contributed by atoms with Gasteiger partial charge in [-0.15, -0.1) is 0 Å². The standard InChI is InChI=1S/C16H24O4Si/c1-10-9-12(20-21(5,6)16(2,3)4)13(14(10)17)11-7-8-19-15(11)18/h7,9,12-13H,8H2,1-6H3/t12-,13-/m0/s1. The number of carbonyl (C=O) groups excluding carboxylic acids is 2. The Morgan fingerprint density at radius 3 is 2.38 bits per heavy atom. The largest absolute Gasteiger partial charge is 0.458 e. The highest BCUT2D eigenvalue weighted by atomic mass is 28.4. The van der Waals surface area contributed by atoms with Gasteiger partial charge in [0.1, 0.15) is 6.61 Å². The van der Waals surface area contributed by atoms with Crippen LogP contribution in [0.25, 0.3) is 0 Å². The highest BCUT2D eigenvalue weighted by molar-refractivity contribution is 6.74. The van der Waals surface area contributed by atoms with E-state index >= 15 is 0 Å². The summed E-state index contributed by atoms with van der Waals surface area (Å²) in [7, 11) is -2.02. The fourth-order valence-corrected chi connectivity index (χ4v) is 3.62. The molecule has 0 spiro atoms. The summed E-state index contributed by atoms with van der Waals surface area (Å²) in [6, 6.07) is 0. The molecule has 1 heterocycles. The molecule has 0 fully saturated rings. The highest BCUT2D eigenvalue weighted by Crippen LogP contribution is 2.41. The van der Waals surface area contributed by atoms with Crippen molar-refractivity contribution < 1.29 is 18.8 Å². The molecule has 116 valence electrons. The van der Waals surface area contributed by atoms with Gasteiger partial charge in [0.2, 0.25) is 0 Å². The number of rotatable bonds is 3. The fraction of sp³-hybridized carbons (Fsp3) is 0.625. The second-order valence-electron chi connectivity index (χ2n) is 7.29. The van der Waals surface area contributed by atoms with Crippen molar-refractivity contribution in [1.82, 2.24) is 0 Å². The Bertz CT molecular complexity index is 537. The van der Waals surface area contributed by atoms with E-state index in [0.29, 0.717) is 11.1 Å². The molecule has 1 aliphatic carbocycles. The summed E-state index contributed by atoms with van der Waals surface area (Å²) < 4.78 is 11.3. The van der Waals surface area contributed by atoms with Gasteiger partial charge in [-0.2, -0.15) is 0 Å². The van der Waals surface area contributed by atoms with Gasteiger partial charge in [0.25, 0.3) is 0 Å². The molecule has 2 aliphatic rings. The minimum atomic E-state index is -2.02. The zero-order valence-electron chi connectivity index (χ0n) is 13.6. The smallest absolute Gasteiger partial charge is 0.334 e. The first-order chi connectivity index (χ1) is 9.54. The lowest BCUT2D eigenvalue weighted by atomic mass is 9.93. The van der Waals surface area contributed by atoms with Gasteiger partial charge in [0, 0.05) is 0 Å². The van der Waals surface area contributed by atoms with Crippen LogP contribution in [0.4, 0.5) is 0 Å². The SMILES string of the molecule is CC1=C[C@H](O[Si](C)(C)C(C)(C)C)[C@H](C2=CCOC2=O)C1=O. The van der Waals surface area contributed by atoms with Crippen LogP contribution in [-0.4, -0.2) is 32.8 Å². The van der Waals surface area contributed by atoms with Crippen molar-refractivity contribution in [2.45, 2.75) is 51.9 Å². The van der Waals surface area contributed by atoms with Crippen molar-refractivity contribution in [1.29, 1.82) is 0 Å². The minimum Gasteiger partial charge on any atom is -0.458 e. The Morgan fingerprint density at radius 2 is 1.90 bits per heavy atom. The molecule has 0 amide bonds. The summed E-state index contributed by atoms with van der Waals surface area (Å²) in [5.74, 6) is -0.946. The number of cyclic esters (lactones) is 1. The van der Waals surface area contributed by atoms with Crippen molar-refractivity contribution in [2.75, 3.05) is 6.61 Å². The molecule has 0 saturated carbocycles. The van der Waals surface area contributed by atoms with Crippen LogP contribution >= 0.6 is 0 Å². The van der Waals surface area contributed by atoms with Gasteiger partial charge >= 0.3 is 5.97 Å². The number of esters is 1. The van der Waals surface area contributed by atoms with E-state index in [1.165, 1.54) is 0 Å². The lowest BCUT2D eigenvalue weighted by Gasteiger charge is -2.39. The van der Waals surface area contributed by atoms with E-state index in [1.807, 2.05) is 6.08 Å². The average molecular weight is 308 g/mol. The van der Waals surface area contributed by atoms with Gasteiger partial charge in [0.05, 0.1) is 17.6 Å². The van der Waals surface area contributed by atoms with Crippen molar-refractivity contribution in [2.24, 2.45) is 5.92 Å². The third-order valence-electron chi connectivity index (χ3n) is 4.74. The van der Waals surface area contributed by atoms with E-state index in [-0.39, 0.29) is 29.5 Å². The molecule has 0 aromatic carbocycles. The molecule has 4 nitrogen and oxygen atoms in total. The molecular weight excluding hydrogens is 284 g/mol. The number of ether oxygens (including phenoxy) is 1. The molecule has 21 heavy (non-hydrogen) atoms. The molecule has 0 saturated heterocycles. The Labute approximate surface area is 127 Å². The minimum absolute atomic E-state index is 0.0243. The van der Waals surface area contributed by atoms with E-state index < -0.39 is 14.2 Å². The van der Waals surface area contributed by atoms with Crippen LogP contribution in [0.3, 0.4) is 0 Å². The number of Topliss-reactive ketones (excluding diaryl/α,β-unsaturated/α-hetero) is 1. The molecule has 2 atom stereocenters. The number of hydrogen-bond donors (Lipinski definition) is 0. The van der Waals surface area contributed by atoms with Gasteiger partial charge in [-0.1, -0.05) is 20.8 Å². The Balaban J connectivity index is 2.29. The third kappa shape index (κ3) is 2.90. The van der Waals surface area contributed by atoms with Gasteiger partial charge in [0.15, 0.2) is 14.1 Å². The molecule has 0 bridgehead atoms. The van der Waals surface area contributed by atoms with Crippen molar-refractivity contribution in [3.63, 3.8) is 0 Å². The van der Waals surface area contributed by atoms with Crippen LogP contribution in [0, 0.1) is 5.92 Å². The lowest BCUT2D eigenvalue weighted by Crippen LogP contribution is -2.45. The van der Waals surface area contributed by atoms with Gasteiger partial charge in [-0.05, 0) is 42.8 Å². The van der Waals surface area contributed by atoms with E-state index in [4.69, 9.17) is 9.16 Å². The van der Waals surface area contributed by atoms with Crippen LogP contribution in [0.2, 0.25) is 18.1 Å². The monoisotopic (exact) mass is 308 g/mol. The first-order valence-electron chi connectivity index (χ1n) is 7.32. The molecular formula is C16H24O4Si. The molecule has 0 aromatic rings. The molecule has 0 aromatic heterocycles. The maximum Gasteiger partial charge on any atom is 0.334 e. The quantitative estimate of drug-likeness (QED) is 0.594. The summed E-state index contributed by atoms with van der Waals surface area (Å²) in [5.41, 5.74) is 1.13. The van der Waals surface area contributed by atoms with Crippen LogP contribution in [0.15, 0.2) is 23.3 Å². The fourth-order valence-electron chi connectivity index (χ4n) is 2.38. The second kappa shape index (κ2) is 5.21. The molecule has 1 aliphatic heterocycles. The Hall–Kier alpha value is -1.20. The number of hydrogen-bond acceptors (Lipinski definition) is 4. The average Bonchev–Trinajstić information content (AvgIpc) is 2.83. The molecule has 2 rings (SSSR count). The highest BCUT2D eigenvalue weighted by Gasteiger charge is 2.46. The summed E-state index contributed by atoms with van der Waals surface area (Å²) in [6.07, 6.45) is 3.22. The van der Waals surface area contributed by atoms with E-state index in [1.54, 1.807) is 13.0 Å². The van der Waals surface area contributed by atoms with Gasteiger partial charge in [-0.25, -0.2) is 4.79 Å². The van der Waals surface area contributed by atoms with Gasteiger partial charge < -0.3 is 9.16 Å². The normalized spacial score (nSPS) is 26.8. The number of allylic oxidation sites excluding steroid dienone is 1. The van der Waals surface area contributed by atoms with E-state index in [2.05, 4.69) is 33.9 Å². The third-order valence-corrected chi connectivity index (χ3v) is 9.21. The maximum absolute atomic E-state index is 12.4. The van der Waals surface area contributed by atoms with Crippen LogP contribution in [0.5, 0.6) is 0 Å².